The van der Waals surface area contributed by atoms with E-state index in [0.717, 1.165) is 0 Å². The summed E-state index contributed by atoms with van der Waals surface area (Å²) in [5.74, 6) is 2.34. The lowest BCUT2D eigenvalue weighted by molar-refractivity contribution is -0.142. The molecule has 76 valence electrons. The van der Waals surface area contributed by atoms with Crippen molar-refractivity contribution in [3.63, 3.8) is 0 Å². The minimum atomic E-state index is -4.12. The highest BCUT2D eigenvalue weighted by Crippen LogP contribution is 2.14. The zero-order valence-corrected chi connectivity index (χ0v) is 7.49. The van der Waals surface area contributed by atoms with Gasteiger partial charge in [0.05, 0.1) is 13.1 Å². The zero-order chi connectivity index (χ0) is 10.3. The van der Waals surface area contributed by atoms with Gasteiger partial charge in [0.15, 0.2) is 0 Å². The topological polar surface area (TPSA) is 15.3 Å². The highest BCUT2D eigenvalue weighted by Gasteiger charge is 2.28. The second-order valence-corrected chi connectivity index (χ2v) is 2.73. The van der Waals surface area contributed by atoms with Crippen molar-refractivity contribution in [3.05, 3.63) is 0 Å². The summed E-state index contributed by atoms with van der Waals surface area (Å²) >= 11 is 0. The lowest BCUT2D eigenvalue weighted by atomic mass is 10.5. The van der Waals surface area contributed by atoms with E-state index in [1.807, 2.05) is 0 Å². The van der Waals surface area contributed by atoms with E-state index in [0.29, 0.717) is 19.6 Å². The van der Waals surface area contributed by atoms with Crippen LogP contribution < -0.4 is 5.32 Å². The van der Waals surface area contributed by atoms with Crippen molar-refractivity contribution < 1.29 is 13.2 Å². The Morgan fingerprint density at radius 3 is 2.54 bits per heavy atom. The van der Waals surface area contributed by atoms with E-state index in [1.165, 1.54) is 11.9 Å². The Morgan fingerprint density at radius 2 is 2.08 bits per heavy atom. The van der Waals surface area contributed by atoms with Gasteiger partial charge in [0.2, 0.25) is 0 Å². The molecule has 0 bridgehead atoms. The molecule has 0 saturated carbocycles. The fourth-order valence-electron chi connectivity index (χ4n) is 0.816. The monoisotopic (exact) mass is 194 g/mol. The smallest absolute Gasteiger partial charge is 0.305 e. The molecule has 0 rings (SSSR count). The van der Waals surface area contributed by atoms with Crippen molar-refractivity contribution in [2.75, 3.05) is 33.2 Å². The molecule has 0 aromatic carbocycles. The van der Waals surface area contributed by atoms with Gasteiger partial charge >= 0.3 is 6.18 Å². The fourth-order valence-corrected chi connectivity index (χ4v) is 0.816. The predicted molar refractivity (Wildman–Crippen MR) is 45.3 cm³/mol. The van der Waals surface area contributed by atoms with E-state index in [4.69, 9.17) is 6.42 Å². The number of hydrogen-bond acceptors (Lipinski definition) is 2. The average Bonchev–Trinajstić information content (AvgIpc) is 1.94. The van der Waals surface area contributed by atoms with Crippen molar-refractivity contribution in [2.45, 2.75) is 6.18 Å². The Balaban J connectivity index is 3.42. The summed E-state index contributed by atoms with van der Waals surface area (Å²) in [7, 11) is 1.42. The molecule has 0 saturated heterocycles. The van der Waals surface area contributed by atoms with E-state index < -0.39 is 12.7 Å². The number of nitrogens with zero attached hydrogens (tertiary/aromatic N) is 1. The van der Waals surface area contributed by atoms with Gasteiger partial charge in [-0.25, -0.2) is 0 Å². The molecular weight excluding hydrogens is 181 g/mol. The van der Waals surface area contributed by atoms with Crippen LogP contribution in [-0.2, 0) is 0 Å². The van der Waals surface area contributed by atoms with Crippen molar-refractivity contribution in [3.8, 4) is 12.3 Å². The van der Waals surface area contributed by atoms with Crippen LogP contribution in [0.1, 0.15) is 0 Å². The van der Waals surface area contributed by atoms with Gasteiger partial charge in [-0.3, -0.25) is 4.90 Å². The summed E-state index contributed by atoms with van der Waals surface area (Å²) in [5.41, 5.74) is 0. The van der Waals surface area contributed by atoms with Crippen molar-refractivity contribution in [1.82, 2.24) is 10.2 Å². The Bertz CT molecular complexity index is 171. The van der Waals surface area contributed by atoms with E-state index >= 15 is 0 Å². The Kier molecular flexibility index (Phi) is 5.51. The molecule has 13 heavy (non-hydrogen) atoms. The molecule has 0 spiro atoms. The van der Waals surface area contributed by atoms with Crippen molar-refractivity contribution in [1.29, 1.82) is 0 Å². The van der Waals surface area contributed by atoms with Crippen LogP contribution in [0.5, 0.6) is 0 Å². The molecule has 0 aliphatic heterocycles. The third-order valence-corrected chi connectivity index (χ3v) is 1.35. The van der Waals surface area contributed by atoms with Crippen LogP contribution in [0.25, 0.3) is 0 Å². The molecule has 0 aliphatic carbocycles. The van der Waals surface area contributed by atoms with Crippen LogP contribution in [0.2, 0.25) is 0 Å². The van der Waals surface area contributed by atoms with Crippen LogP contribution in [0.15, 0.2) is 0 Å². The maximum Gasteiger partial charge on any atom is 0.401 e. The molecule has 1 N–H and O–H groups in total. The van der Waals surface area contributed by atoms with Crippen LogP contribution in [0.4, 0.5) is 13.2 Å². The first-order chi connectivity index (χ1) is 5.95. The lowest BCUT2D eigenvalue weighted by Gasteiger charge is -2.18. The molecule has 5 heteroatoms. The van der Waals surface area contributed by atoms with Gasteiger partial charge in [0.25, 0.3) is 0 Å². The molecule has 0 amide bonds. The normalized spacial score (nSPS) is 11.7. The van der Waals surface area contributed by atoms with Crippen LogP contribution in [0.3, 0.4) is 0 Å². The molecule has 0 heterocycles. The number of alkyl halides is 3. The number of hydrogen-bond donors (Lipinski definition) is 1. The first-order valence-corrected chi connectivity index (χ1v) is 3.85. The van der Waals surface area contributed by atoms with Crippen LogP contribution in [0, 0.1) is 12.3 Å². The number of halogens is 3. The molecule has 0 aliphatic rings. The number of nitrogens with one attached hydrogen (secondary N) is 1. The lowest BCUT2D eigenvalue weighted by Crippen LogP contribution is -2.36. The highest BCUT2D eigenvalue weighted by atomic mass is 19.4. The summed E-state index contributed by atoms with van der Waals surface area (Å²) in [6, 6.07) is 0. The fraction of sp³-hybridized carbons (Fsp3) is 0.750. The summed E-state index contributed by atoms with van der Waals surface area (Å²) in [5, 5.41) is 2.81. The van der Waals surface area contributed by atoms with E-state index in [-0.39, 0.29) is 0 Å². The van der Waals surface area contributed by atoms with Gasteiger partial charge in [-0.2, -0.15) is 13.2 Å². The molecular formula is C8H13F3N2. The summed E-state index contributed by atoms with van der Waals surface area (Å²) in [4.78, 5) is 1.20. The van der Waals surface area contributed by atoms with Gasteiger partial charge in [-0.05, 0) is 7.05 Å². The molecule has 0 fully saturated rings. The number of likely N-dealkylation sites (N-methyl/N-ethyl adjacent to an activating group) is 1. The SMILES string of the molecule is C#CCNCCN(C)CC(F)(F)F. The van der Waals surface area contributed by atoms with Crippen molar-refractivity contribution >= 4 is 0 Å². The summed E-state index contributed by atoms with van der Waals surface area (Å²) < 4.78 is 35.4. The third kappa shape index (κ3) is 9.18. The molecule has 0 radical (unpaired) electrons. The standard InChI is InChI=1S/C8H13F3N2/c1-3-4-12-5-6-13(2)7-8(9,10)11/h1,12H,4-7H2,2H3. The maximum absolute atomic E-state index is 11.8. The maximum atomic E-state index is 11.8. The quantitative estimate of drug-likeness (QED) is 0.512. The van der Waals surface area contributed by atoms with Gasteiger partial charge < -0.3 is 5.32 Å². The third-order valence-electron chi connectivity index (χ3n) is 1.35. The van der Waals surface area contributed by atoms with Crippen molar-refractivity contribution in [2.24, 2.45) is 0 Å². The molecule has 0 atom stereocenters. The number of terminal acetylenes is 1. The van der Waals surface area contributed by atoms with Crippen LogP contribution >= 0.6 is 0 Å². The summed E-state index contributed by atoms with van der Waals surface area (Å²) in [6.07, 6.45) is 0.817. The first-order valence-electron chi connectivity index (χ1n) is 3.85. The number of rotatable bonds is 5. The van der Waals surface area contributed by atoms with Gasteiger partial charge in [-0.15, -0.1) is 6.42 Å². The van der Waals surface area contributed by atoms with Gasteiger partial charge in [0, 0.05) is 13.1 Å². The molecule has 2 nitrogen and oxygen atoms in total. The van der Waals surface area contributed by atoms with Gasteiger partial charge in [0.1, 0.15) is 0 Å². The van der Waals surface area contributed by atoms with E-state index in [1.54, 1.807) is 0 Å². The molecule has 0 aromatic rings. The Morgan fingerprint density at radius 1 is 1.46 bits per heavy atom. The predicted octanol–water partition coefficient (Wildman–Crippen LogP) is 0.703. The second-order valence-electron chi connectivity index (χ2n) is 2.73. The average molecular weight is 194 g/mol. The second kappa shape index (κ2) is 5.84. The van der Waals surface area contributed by atoms with Crippen LogP contribution in [-0.4, -0.2) is 44.3 Å². The largest absolute Gasteiger partial charge is 0.401 e. The summed E-state index contributed by atoms with van der Waals surface area (Å²) in [6.45, 7) is 0.308. The Labute approximate surface area is 76.1 Å². The Hall–Kier alpha value is -0.730. The van der Waals surface area contributed by atoms with E-state index in [2.05, 4.69) is 11.2 Å². The minimum Gasteiger partial charge on any atom is -0.305 e. The zero-order valence-electron chi connectivity index (χ0n) is 7.49. The molecule has 0 unspecified atom stereocenters. The highest BCUT2D eigenvalue weighted by molar-refractivity contribution is 4.86. The van der Waals surface area contributed by atoms with Gasteiger partial charge in [-0.1, -0.05) is 5.92 Å². The molecule has 0 aromatic heterocycles. The minimum absolute atomic E-state index is 0.335. The first kappa shape index (κ1) is 12.3. The van der Waals surface area contributed by atoms with E-state index in [9.17, 15) is 13.2 Å².